The molecule has 0 radical (unpaired) electrons. The zero-order chi connectivity index (χ0) is 15.4. The minimum atomic E-state index is -0.185. The van der Waals surface area contributed by atoms with E-state index in [1.807, 2.05) is 0 Å². The predicted molar refractivity (Wildman–Crippen MR) is 90.2 cm³/mol. The van der Waals surface area contributed by atoms with Crippen LogP contribution >= 0.6 is 35.4 Å². The lowest BCUT2D eigenvalue weighted by Crippen LogP contribution is -2.46. The van der Waals surface area contributed by atoms with Crippen LogP contribution in [0.15, 0.2) is 18.2 Å². The third-order valence-electron chi connectivity index (χ3n) is 3.48. The molecular weight excluding hydrogens is 329 g/mol. The van der Waals surface area contributed by atoms with Gasteiger partial charge in [0.05, 0.1) is 15.6 Å². The summed E-state index contributed by atoms with van der Waals surface area (Å²) in [5.74, 6) is -0.185. The molecule has 0 atom stereocenters. The number of carbonyl (C=O) groups is 1. The highest BCUT2D eigenvalue weighted by atomic mass is 35.5. The van der Waals surface area contributed by atoms with E-state index in [0.29, 0.717) is 27.1 Å². The Hall–Kier alpha value is -0.880. The van der Waals surface area contributed by atoms with Gasteiger partial charge in [-0.15, -0.1) is 0 Å². The molecule has 3 N–H and O–H groups in total. The van der Waals surface area contributed by atoms with Gasteiger partial charge >= 0.3 is 0 Å². The third kappa shape index (κ3) is 4.81. The molecule has 0 bridgehead atoms. The lowest BCUT2D eigenvalue weighted by molar-refractivity contribution is 0.0915. The highest BCUT2D eigenvalue weighted by molar-refractivity contribution is 7.80. The van der Waals surface area contributed by atoms with E-state index in [2.05, 4.69) is 10.2 Å². The highest BCUT2D eigenvalue weighted by Crippen LogP contribution is 2.21. The van der Waals surface area contributed by atoms with Crippen LogP contribution in [-0.4, -0.2) is 41.5 Å². The van der Waals surface area contributed by atoms with Crippen molar-refractivity contribution in [2.24, 2.45) is 5.73 Å². The lowest BCUT2D eigenvalue weighted by Gasteiger charge is -2.32. The molecule has 1 aliphatic heterocycles. The van der Waals surface area contributed by atoms with Gasteiger partial charge in [0.25, 0.3) is 5.91 Å². The third-order valence-corrected chi connectivity index (χ3v) is 4.17. The van der Waals surface area contributed by atoms with Crippen LogP contribution in [-0.2, 0) is 0 Å². The Labute approximate surface area is 139 Å². The summed E-state index contributed by atoms with van der Waals surface area (Å²) in [7, 11) is 0. The van der Waals surface area contributed by atoms with E-state index >= 15 is 0 Å². The fourth-order valence-electron chi connectivity index (χ4n) is 2.39. The largest absolute Gasteiger partial charge is 0.392 e. The van der Waals surface area contributed by atoms with Gasteiger partial charge in [0.2, 0.25) is 0 Å². The summed E-state index contributed by atoms with van der Waals surface area (Å²) < 4.78 is 0. The van der Waals surface area contributed by atoms with Gasteiger partial charge in [-0.2, -0.15) is 0 Å². The minimum Gasteiger partial charge on any atom is -0.392 e. The van der Waals surface area contributed by atoms with Crippen molar-refractivity contribution >= 4 is 46.3 Å². The smallest absolute Gasteiger partial charge is 0.253 e. The predicted octanol–water partition coefficient (Wildman–Crippen LogP) is 2.47. The number of thiocarbonyl (C=S) groups is 1. The van der Waals surface area contributed by atoms with Crippen LogP contribution in [0.3, 0.4) is 0 Å². The SMILES string of the molecule is NC(=S)CN1CCC(NC(=O)c2cc(Cl)ccc2Cl)CC1. The van der Waals surface area contributed by atoms with Crippen LogP contribution in [0.4, 0.5) is 0 Å². The summed E-state index contributed by atoms with van der Waals surface area (Å²) >= 11 is 16.8. The van der Waals surface area contributed by atoms with Gasteiger partial charge < -0.3 is 11.1 Å². The van der Waals surface area contributed by atoms with Crippen molar-refractivity contribution in [3.8, 4) is 0 Å². The van der Waals surface area contributed by atoms with E-state index in [9.17, 15) is 4.79 Å². The summed E-state index contributed by atoms with van der Waals surface area (Å²) in [4.78, 5) is 14.9. The number of likely N-dealkylation sites (tertiary alicyclic amines) is 1. The number of piperidine rings is 1. The Balaban J connectivity index is 1.90. The number of nitrogens with zero attached hydrogens (tertiary/aromatic N) is 1. The molecule has 0 saturated carbocycles. The molecule has 1 fully saturated rings. The van der Waals surface area contributed by atoms with Crippen molar-refractivity contribution in [3.63, 3.8) is 0 Å². The first-order valence-corrected chi connectivity index (χ1v) is 7.88. The Bertz CT molecular complexity index is 545. The quantitative estimate of drug-likeness (QED) is 0.823. The lowest BCUT2D eigenvalue weighted by atomic mass is 10.0. The molecule has 1 amide bonds. The molecule has 1 aromatic rings. The number of nitrogens with two attached hydrogens (primary N) is 1. The summed E-state index contributed by atoms with van der Waals surface area (Å²) in [6.07, 6.45) is 1.74. The topological polar surface area (TPSA) is 58.4 Å². The molecule has 0 unspecified atom stereocenters. The molecule has 1 aliphatic rings. The standard InChI is InChI=1S/C14H17Cl2N3OS/c15-9-1-2-12(16)11(7-9)14(20)18-10-3-5-19(6-4-10)8-13(17)21/h1-2,7,10H,3-6,8H2,(H2,17,21)(H,18,20). The molecule has 1 heterocycles. The van der Waals surface area contributed by atoms with Gasteiger partial charge in [0.1, 0.15) is 0 Å². The van der Waals surface area contributed by atoms with Crippen molar-refractivity contribution in [2.45, 2.75) is 18.9 Å². The van der Waals surface area contributed by atoms with Crippen molar-refractivity contribution in [3.05, 3.63) is 33.8 Å². The molecule has 114 valence electrons. The van der Waals surface area contributed by atoms with Gasteiger partial charge in [0, 0.05) is 30.7 Å². The average molecular weight is 346 g/mol. The number of benzene rings is 1. The molecule has 21 heavy (non-hydrogen) atoms. The number of hydrogen-bond acceptors (Lipinski definition) is 3. The van der Waals surface area contributed by atoms with E-state index in [0.717, 1.165) is 25.9 Å². The molecule has 0 spiro atoms. The summed E-state index contributed by atoms with van der Waals surface area (Å²) in [6.45, 7) is 2.37. The monoisotopic (exact) mass is 345 g/mol. The maximum Gasteiger partial charge on any atom is 0.253 e. The number of amides is 1. The summed E-state index contributed by atoms with van der Waals surface area (Å²) in [6, 6.07) is 5.01. The average Bonchev–Trinajstić information content (AvgIpc) is 2.43. The second kappa shape index (κ2) is 7.40. The second-order valence-corrected chi connectivity index (χ2v) is 6.48. The van der Waals surface area contributed by atoms with Crippen LogP contribution in [0, 0.1) is 0 Å². The summed E-state index contributed by atoms with van der Waals surface area (Å²) in [5.41, 5.74) is 5.95. The van der Waals surface area contributed by atoms with Gasteiger partial charge in [-0.1, -0.05) is 35.4 Å². The number of hydrogen-bond donors (Lipinski definition) is 2. The van der Waals surface area contributed by atoms with Gasteiger partial charge in [-0.25, -0.2) is 0 Å². The van der Waals surface area contributed by atoms with Crippen LogP contribution in [0.5, 0.6) is 0 Å². The molecule has 4 nitrogen and oxygen atoms in total. The van der Waals surface area contributed by atoms with Crippen LogP contribution in [0.1, 0.15) is 23.2 Å². The van der Waals surface area contributed by atoms with Crippen molar-refractivity contribution in [1.29, 1.82) is 0 Å². The van der Waals surface area contributed by atoms with Crippen LogP contribution in [0.25, 0.3) is 0 Å². The van der Waals surface area contributed by atoms with Gasteiger partial charge in [-0.05, 0) is 31.0 Å². The molecule has 1 saturated heterocycles. The highest BCUT2D eigenvalue weighted by Gasteiger charge is 2.22. The van der Waals surface area contributed by atoms with Crippen molar-refractivity contribution < 1.29 is 4.79 Å². The molecule has 1 aromatic carbocycles. The first kappa shape index (κ1) is 16.5. The van der Waals surface area contributed by atoms with E-state index in [-0.39, 0.29) is 11.9 Å². The zero-order valence-electron chi connectivity index (χ0n) is 11.4. The first-order valence-electron chi connectivity index (χ1n) is 6.72. The number of carbonyl (C=O) groups excluding carboxylic acids is 1. The maximum atomic E-state index is 12.2. The maximum absolute atomic E-state index is 12.2. The van der Waals surface area contributed by atoms with E-state index in [1.165, 1.54) is 0 Å². The first-order chi connectivity index (χ1) is 9.95. The Kier molecular flexibility index (Phi) is 5.81. The van der Waals surface area contributed by atoms with Crippen LogP contribution < -0.4 is 11.1 Å². The fourth-order valence-corrected chi connectivity index (χ4v) is 2.95. The molecule has 7 heteroatoms. The fraction of sp³-hybridized carbons (Fsp3) is 0.429. The van der Waals surface area contributed by atoms with Crippen molar-refractivity contribution in [2.75, 3.05) is 19.6 Å². The molecular formula is C14H17Cl2N3OS. The Morgan fingerprint density at radius 2 is 2.05 bits per heavy atom. The minimum absolute atomic E-state index is 0.134. The van der Waals surface area contributed by atoms with E-state index < -0.39 is 0 Å². The second-order valence-electron chi connectivity index (χ2n) is 5.11. The zero-order valence-corrected chi connectivity index (χ0v) is 13.8. The van der Waals surface area contributed by atoms with E-state index in [4.69, 9.17) is 41.2 Å². The normalized spacial score (nSPS) is 16.7. The molecule has 2 rings (SSSR count). The number of rotatable bonds is 4. The van der Waals surface area contributed by atoms with E-state index in [1.54, 1.807) is 18.2 Å². The number of halogens is 2. The summed E-state index contributed by atoms with van der Waals surface area (Å²) in [5, 5.41) is 3.91. The molecule has 0 aromatic heterocycles. The number of nitrogens with one attached hydrogen (secondary N) is 1. The Morgan fingerprint density at radius 3 is 2.67 bits per heavy atom. The molecule has 0 aliphatic carbocycles. The van der Waals surface area contributed by atoms with Gasteiger partial charge in [0.15, 0.2) is 0 Å². The van der Waals surface area contributed by atoms with Crippen LogP contribution in [0.2, 0.25) is 10.0 Å². The Morgan fingerprint density at radius 1 is 1.38 bits per heavy atom. The van der Waals surface area contributed by atoms with Crippen molar-refractivity contribution in [1.82, 2.24) is 10.2 Å². The van der Waals surface area contributed by atoms with Gasteiger partial charge in [-0.3, -0.25) is 9.69 Å².